The number of benzene rings is 1. The van der Waals surface area contributed by atoms with Crippen LogP contribution < -0.4 is 10.1 Å². The van der Waals surface area contributed by atoms with E-state index in [0.29, 0.717) is 6.61 Å². The molecule has 102 valence electrons. The lowest BCUT2D eigenvalue weighted by atomic mass is 10.2. The average Bonchev–Trinajstić information content (AvgIpc) is 2.82. The van der Waals surface area contributed by atoms with Crippen molar-refractivity contribution in [3.05, 3.63) is 39.6 Å². The minimum Gasteiger partial charge on any atom is -0.487 e. The second-order valence-corrected chi connectivity index (χ2v) is 4.97. The van der Waals surface area contributed by atoms with Crippen molar-refractivity contribution in [2.45, 2.75) is 27.0 Å². The van der Waals surface area contributed by atoms with Crippen molar-refractivity contribution >= 4 is 15.9 Å². The van der Waals surface area contributed by atoms with Crippen LogP contribution in [0.1, 0.15) is 23.9 Å². The summed E-state index contributed by atoms with van der Waals surface area (Å²) in [6.07, 6.45) is 0. The van der Waals surface area contributed by atoms with Gasteiger partial charge in [-0.2, -0.15) is 0 Å². The largest absolute Gasteiger partial charge is 0.487 e. The van der Waals surface area contributed by atoms with Gasteiger partial charge in [0.05, 0.1) is 0 Å². The molecule has 2 aromatic rings. The fraction of sp³-hybridized carbons (Fsp3) is 0.385. The Kier molecular flexibility index (Phi) is 4.93. The first-order valence-electron chi connectivity index (χ1n) is 6.10. The van der Waals surface area contributed by atoms with E-state index in [0.717, 1.165) is 40.3 Å². The molecule has 0 saturated carbocycles. The van der Waals surface area contributed by atoms with Crippen molar-refractivity contribution in [1.82, 2.24) is 15.6 Å². The van der Waals surface area contributed by atoms with Crippen LogP contribution >= 0.6 is 15.9 Å². The third-order valence-corrected chi connectivity index (χ3v) is 3.48. The third kappa shape index (κ3) is 3.78. The van der Waals surface area contributed by atoms with Gasteiger partial charge in [0.1, 0.15) is 23.7 Å². The lowest BCUT2D eigenvalue weighted by Gasteiger charge is -2.09. The van der Waals surface area contributed by atoms with E-state index in [2.05, 4.69) is 43.1 Å². The second kappa shape index (κ2) is 6.68. The van der Waals surface area contributed by atoms with E-state index in [1.165, 1.54) is 0 Å². The van der Waals surface area contributed by atoms with Crippen LogP contribution in [0.2, 0.25) is 0 Å². The lowest BCUT2D eigenvalue weighted by molar-refractivity contribution is 0.270. The van der Waals surface area contributed by atoms with Crippen LogP contribution in [0.15, 0.2) is 27.3 Å². The lowest BCUT2D eigenvalue weighted by Crippen LogP contribution is -2.12. The quantitative estimate of drug-likeness (QED) is 0.884. The van der Waals surface area contributed by atoms with Crippen LogP contribution in [0.3, 0.4) is 0 Å². The molecule has 1 N–H and O–H groups in total. The van der Waals surface area contributed by atoms with E-state index in [4.69, 9.17) is 4.74 Å². The first-order chi connectivity index (χ1) is 9.20. The Labute approximate surface area is 120 Å². The predicted molar refractivity (Wildman–Crippen MR) is 74.9 cm³/mol. The molecule has 1 aromatic heterocycles. The highest BCUT2D eigenvalue weighted by Crippen LogP contribution is 2.23. The maximum atomic E-state index is 5.70. The minimum atomic E-state index is 0.359. The Morgan fingerprint density at radius 2 is 2.21 bits per heavy atom. The van der Waals surface area contributed by atoms with Gasteiger partial charge >= 0.3 is 0 Å². The number of rotatable bonds is 6. The summed E-state index contributed by atoms with van der Waals surface area (Å²) in [5.74, 6) is 0.804. The van der Waals surface area contributed by atoms with Gasteiger partial charge in [0, 0.05) is 11.0 Å². The highest BCUT2D eigenvalue weighted by Gasteiger charge is 2.07. The standard InChI is InChI=1S/C13H16BrN3O2/c1-3-15-7-10-6-11(4-5-12(10)14)18-8-13-9(2)16-19-17-13/h4-6,15H,3,7-8H2,1-2H3. The van der Waals surface area contributed by atoms with Crippen LogP contribution in [0, 0.1) is 6.92 Å². The third-order valence-electron chi connectivity index (χ3n) is 2.70. The smallest absolute Gasteiger partial charge is 0.145 e. The second-order valence-electron chi connectivity index (χ2n) is 4.12. The number of ether oxygens (including phenoxy) is 1. The van der Waals surface area contributed by atoms with Crippen molar-refractivity contribution in [2.75, 3.05) is 6.54 Å². The maximum Gasteiger partial charge on any atom is 0.145 e. The molecule has 0 spiro atoms. The summed E-state index contributed by atoms with van der Waals surface area (Å²) in [6.45, 7) is 6.01. The van der Waals surface area contributed by atoms with Crippen LogP contribution in [-0.2, 0) is 13.2 Å². The molecule has 0 fully saturated rings. The first kappa shape index (κ1) is 14.0. The zero-order valence-electron chi connectivity index (χ0n) is 10.9. The molecular weight excluding hydrogens is 310 g/mol. The van der Waals surface area contributed by atoms with E-state index < -0.39 is 0 Å². The van der Waals surface area contributed by atoms with Gasteiger partial charge in [-0.1, -0.05) is 33.2 Å². The monoisotopic (exact) mass is 325 g/mol. The number of halogens is 1. The normalized spacial score (nSPS) is 10.7. The summed E-state index contributed by atoms with van der Waals surface area (Å²) in [7, 11) is 0. The number of aryl methyl sites for hydroxylation is 1. The Bertz CT molecular complexity index is 542. The molecule has 19 heavy (non-hydrogen) atoms. The molecule has 0 amide bonds. The summed E-state index contributed by atoms with van der Waals surface area (Å²) < 4.78 is 11.4. The molecule has 6 heteroatoms. The topological polar surface area (TPSA) is 60.2 Å². The molecule has 2 rings (SSSR count). The van der Waals surface area contributed by atoms with Crippen molar-refractivity contribution in [2.24, 2.45) is 0 Å². The maximum absolute atomic E-state index is 5.70. The molecule has 0 saturated heterocycles. The van der Waals surface area contributed by atoms with Gasteiger partial charge in [-0.05, 0) is 37.2 Å². The number of aromatic nitrogens is 2. The average molecular weight is 326 g/mol. The van der Waals surface area contributed by atoms with Crippen LogP contribution in [-0.4, -0.2) is 16.9 Å². The first-order valence-corrected chi connectivity index (χ1v) is 6.90. The number of nitrogens with zero attached hydrogens (tertiary/aromatic N) is 2. The number of nitrogens with one attached hydrogen (secondary N) is 1. The van der Waals surface area contributed by atoms with Crippen LogP contribution in [0.4, 0.5) is 0 Å². The molecule has 0 aliphatic heterocycles. The molecule has 0 unspecified atom stereocenters. The van der Waals surface area contributed by atoms with Gasteiger partial charge in [0.15, 0.2) is 0 Å². The van der Waals surface area contributed by atoms with E-state index >= 15 is 0 Å². The Balaban J connectivity index is 2.02. The molecule has 1 aromatic carbocycles. The van der Waals surface area contributed by atoms with Crippen molar-refractivity contribution in [3.8, 4) is 5.75 Å². The van der Waals surface area contributed by atoms with Crippen molar-refractivity contribution in [3.63, 3.8) is 0 Å². The zero-order valence-corrected chi connectivity index (χ0v) is 12.5. The van der Waals surface area contributed by atoms with Gasteiger partial charge in [-0.25, -0.2) is 4.63 Å². The van der Waals surface area contributed by atoms with Gasteiger partial charge in [0.2, 0.25) is 0 Å². The molecule has 1 heterocycles. The summed E-state index contributed by atoms with van der Waals surface area (Å²) in [6, 6.07) is 5.91. The highest BCUT2D eigenvalue weighted by molar-refractivity contribution is 9.10. The molecule has 5 nitrogen and oxygen atoms in total. The number of hydrogen-bond acceptors (Lipinski definition) is 5. The van der Waals surface area contributed by atoms with Gasteiger partial charge in [-0.15, -0.1) is 0 Å². The fourth-order valence-corrected chi connectivity index (χ4v) is 1.96. The predicted octanol–water partition coefficient (Wildman–Crippen LogP) is 2.83. The molecule has 0 bridgehead atoms. The zero-order chi connectivity index (χ0) is 13.7. The molecular formula is C13H16BrN3O2. The van der Waals surface area contributed by atoms with E-state index in [1.807, 2.05) is 25.1 Å². The Hall–Kier alpha value is -1.40. The van der Waals surface area contributed by atoms with Crippen molar-refractivity contribution < 1.29 is 9.37 Å². The summed E-state index contributed by atoms with van der Waals surface area (Å²) >= 11 is 3.53. The molecule has 0 atom stereocenters. The Morgan fingerprint density at radius 1 is 1.37 bits per heavy atom. The van der Waals surface area contributed by atoms with Crippen LogP contribution in [0.5, 0.6) is 5.75 Å². The molecule has 0 aliphatic rings. The molecule has 0 aliphatic carbocycles. The van der Waals surface area contributed by atoms with Crippen molar-refractivity contribution in [1.29, 1.82) is 0 Å². The summed E-state index contributed by atoms with van der Waals surface area (Å²) in [5, 5.41) is 10.8. The highest BCUT2D eigenvalue weighted by atomic mass is 79.9. The van der Waals surface area contributed by atoms with E-state index in [-0.39, 0.29) is 0 Å². The summed E-state index contributed by atoms with van der Waals surface area (Å²) in [5.41, 5.74) is 2.63. The van der Waals surface area contributed by atoms with E-state index in [1.54, 1.807) is 0 Å². The van der Waals surface area contributed by atoms with Gasteiger partial charge in [-0.3, -0.25) is 0 Å². The van der Waals surface area contributed by atoms with Gasteiger partial charge < -0.3 is 10.1 Å². The van der Waals surface area contributed by atoms with E-state index in [9.17, 15) is 0 Å². The van der Waals surface area contributed by atoms with Gasteiger partial charge in [0.25, 0.3) is 0 Å². The minimum absolute atomic E-state index is 0.359. The Morgan fingerprint density at radius 3 is 2.89 bits per heavy atom. The molecule has 0 radical (unpaired) electrons. The number of hydrogen-bond donors (Lipinski definition) is 1. The summed E-state index contributed by atoms with van der Waals surface area (Å²) in [4.78, 5) is 0. The SMILES string of the molecule is CCNCc1cc(OCc2nonc2C)ccc1Br. The van der Waals surface area contributed by atoms with Crippen LogP contribution in [0.25, 0.3) is 0 Å². The fourth-order valence-electron chi connectivity index (χ4n) is 1.57.